The Morgan fingerprint density at radius 1 is 1.03 bits per heavy atom. The lowest BCUT2D eigenvalue weighted by Crippen LogP contribution is -2.29. The summed E-state index contributed by atoms with van der Waals surface area (Å²) in [5.41, 5.74) is 5.63. The normalized spacial score (nSPS) is 21.5. The molecule has 1 fully saturated rings. The fraction of sp³-hybridized carbons (Fsp3) is 0.346. The van der Waals surface area contributed by atoms with Crippen molar-refractivity contribution >= 4 is 23.9 Å². The molecule has 0 atom stereocenters. The highest BCUT2D eigenvalue weighted by Crippen LogP contribution is 2.29. The predicted molar refractivity (Wildman–Crippen MR) is 129 cm³/mol. The summed E-state index contributed by atoms with van der Waals surface area (Å²) in [5.74, 6) is 1.19. The smallest absolute Gasteiger partial charge is 0.163 e. The van der Waals surface area contributed by atoms with E-state index in [1.807, 2.05) is 54.7 Å². The number of carbonyl (C=O) groups excluding carboxylic acids is 1. The fourth-order valence-electron chi connectivity index (χ4n) is 4.52. The Morgan fingerprint density at radius 2 is 1.94 bits per heavy atom. The number of hydrogen-bond acceptors (Lipinski definition) is 6. The number of likely N-dealkylation sites (N-methyl/N-ethyl adjacent to an activating group) is 1. The molecule has 1 aromatic rings. The number of fused-ring (bicyclic) bond motifs is 2. The molecule has 0 unspecified atom stereocenters. The summed E-state index contributed by atoms with van der Waals surface area (Å²) in [5, 5.41) is 0. The largest absolute Gasteiger partial charge is 0.355 e. The Bertz CT molecular complexity index is 1120. The maximum atomic E-state index is 13.1. The number of ketones is 1. The summed E-state index contributed by atoms with van der Waals surface area (Å²) < 4.78 is 0. The van der Waals surface area contributed by atoms with Crippen LogP contribution < -0.4 is 4.90 Å². The van der Waals surface area contributed by atoms with E-state index in [0.717, 1.165) is 72.2 Å². The minimum atomic E-state index is 0.159. The van der Waals surface area contributed by atoms with Gasteiger partial charge in [-0.1, -0.05) is 12.2 Å². The Labute approximate surface area is 189 Å². The first kappa shape index (κ1) is 20.6. The van der Waals surface area contributed by atoms with Gasteiger partial charge < -0.3 is 14.7 Å². The second-order valence-electron chi connectivity index (χ2n) is 8.80. The van der Waals surface area contributed by atoms with Crippen LogP contribution in [0.2, 0.25) is 0 Å². The molecule has 0 N–H and O–H groups in total. The summed E-state index contributed by atoms with van der Waals surface area (Å²) in [6.07, 6.45) is 16.2. The van der Waals surface area contributed by atoms with Gasteiger partial charge in [0.2, 0.25) is 0 Å². The molecule has 0 aromatic carbocycles. The van der Waals surface area contributed by atoms with E-state index in [2.05, 4.69) is 34.0 Å². The number of aliphatic imine (C=N–C) groups is 1. The van der Waals surface area contributed by atoms with Crippen molar-refractivity contribution in [2.75, 3.05) is 38.1 Å². The van der Waals surface area contributed by atoms with Crippen LogP contribution in [0.5, 0.6) is 0 Å². The quantitative estimate of drug-likeness (QED) is 0.720. The van der Waals surface area contributed by atoms with Gasteiger partial charge in [-0.3, -0.25) is 9.79 Å². The van der Waals surface area contributed by atoms with E-state index in [1.165, 1.54) is 0 Å². The van der Waals surface area contributed by atoms with E-state index in [1.54, 1.807) is 0 Å². The first-order valence-corrected chi connectivity index (χ1v) is 11.4. The van der Waals surface area contributed by atoms with Crippen molar-refractivity contribution in [2.24, 2.45) is 4.99 Å². The summed E-state index contributed by atoms with van der Waals surface area (Å²) in [4.78, 5) is 29.3. The Morgan fingerprint density at radius 3 is 2.84 bits per heavy atom. The maximum Gasteiger partial charge on any atom is 0.163 e. The molecule has 3 aliphatic heterocycles. The number of carbonyl (C=O) groups is 1. The molecule has 4 heterocycles. The van der Waals surface area contributed by atoms with Crippen LogP contribution in [0.15, 0.2) is 70.3 Å². The van der Waals surface area contributed by atoms with Crippen LogP contribution in [-0.4, -0.2) is 60.0 Å². The molecule has 1 saturated heterocycles. The van der Waals surface area contributed by atoms with Gasteiger partial charge in [-0.25, -0.2) is 4.98 Å². The SMILES string of the molecule is CC1=CN2C=C(C3=Cc4ccc(N5CCCN(C)CC5)nc4CCC3=O)C=CC=C2C=N1. The molecule has 164 valence electrons. The van der Waals surface area contributed by atoms with Gasteiger partial charge in [-0.05, 0) is 63.2 Å². The van der Waals surface area contributed by atoms with Crippen molar-refractivity contribution in [1.82, 2.24) is 14.8 Å². The average Bonchev–Trinajstić information content (AvgIpc) is 3.20. The summed E-state index contributed by atoms with van der Waals surface area (Å²) in [7, 11) is 2.18. The van der Waals surface area contributed by atoms with Gasteiger partial charge in [-0.2, -0.15) is 0 Å². The molecule has 0 bridgehead atoms. The molecule has 1 aromatic heterocycles. The van der Waals surface area contributed by atoms with Crippen LogP contribution in [0.3, 0.4) is 0 Å². The van der Waals surface area contributed by atoms with Crippen molar-refractivity contribution in [2.45, 2.75) is 26.2 Å². The first-order valence-electron chi connectivity index (χ1n) is 11.4. The van der Waals surface area contributed by atoms with E-state index in [0.29, 0.717) is 12.8 Å². The Hall–Kier alpha value is -3.25. The molecule has 0 amide bonds. The molecule has 6 nitrogen and oxygen atoms in total. The highest BCUT2D eigenvalue weighted by Gasteiger charge is 2.22. The minimum Gasteiger partial charge on any atom is -0.355 e. The Kier molecular flexibility index (Phi) is 5.62. The zero-order valence-electron chi connectivity index (χ0n) is 18.8. The van der Waals surface area contributed by atoms with E-state index >= 15 is 0 Å². The summed E-state index contributed by atoms with van der Waals surface area (Å²) in [6, 6.07) is 4.24. The van der Waals surface area contributed by atoms with Gasteiger partial charge in [-0.15, -0.1) is 0 Å². The van der Waals surface area contributed by atoms with Crippen molar-refractivity contribution < 1.29 is 4.79 Å². The van der Waals surface area contributed by atoms with Gasteiger partial charge in [0.25, 0.3) is 0 Å². The second-order valence-corrected chi connectivity index (χ2v) is 8.80. The van der Waals surface area contributed by atoms with Gasteiger partial charge in [0.05, 0.1) is 23.3 Å². The number of Topliss-reactive ketones (excluding diaryl/α,β-unsaturated/α-hetero) is 1. The van der Waals surface area contributed by atoms with Gasteiger partial charge in [0.15, 0.2) is 5.78 Å². The maximum absolute atomic E-state index is 13.1. The van der Waals surface area contributed by atoms with E-state index in [4.69, 9.17) is 4.98 Å². The molecule has 0 spiro atoms. The lowest BCUT2D eigenvalue weighted by molar-refractivity contribution is -0.115. The number of nitrogens with zero attached hydrogens (tertiary/aromatic N) is 5. The van der Waals surface area contributed by atoms with E-state index in [-0.39, 0.29) is 5.78 Å². The van der Waals surface area contributed by atoms with Crippen molar-refractivity contribution in [3.8, 4) is 0 Å². The first-order chi connectivity index (χ1) is 15.6. The van der Waals surface area contributed by atoms with Crippen LogP contribution in [0.25, 0.3) is 6.08 Å². The Balaban J connectivity index is 1.46. The van der Waals surface area contributed by atoms with Crippen LogP contribution in [0.4, 0.5) is 5.82 Å². The van der Waals surface area contributed by atoms with Crippen molar-refractivity contribution in [1.29, 1.82) is 0 Å². The third-order valence-corrected chi connectivity index (χ3v) is 6.38. The van der Waals surface area contributed by atoms with Gasteiger partial charge >= 0.3 is 0 Å². The minimum absolute atomic E-state index is 0.159. The van der Waals surface area contributed by atoms with Crippen LogP contribution in [0.1, 0.15) is 31.0 Å². The molecule has 32 heavy (non-hydrogen) atoms. The lowest BCUT2D eigenvalue weighted by Gasteiger charge is -2.22. The zero-order valence-corrected chi connectivity index (χ0v) is 18.8. The van der Waals surface area contributed by atoms with Crippen LogP contribution >= 0.6 is 0 Å². The van der Waals surface area contributed by atoms with Crippen molar-refractivity contribution in [3.63, 3.8) is 0 Å². The molecule has 0 saturated carbocycles. The topological polar surface area (TPSA) is 52.0 Å². The van der Waals surface area contributed by atoms with Gasteiger partial charge in [0.1, 0.15) is 5.82 Å². The van der Waals surface area contributed by atoms with Crippen molar-refractivity contribution in [3.05, 3.63) is 76.6 Å². The monoisotopic (exact) mass is 427 g/mol. The fourth-order valence-corrected chi connectivity index (χ4v) is 4.52. The highest BCUT2D eigenvalue weighted by atomic mass is 16.1. The number of pyridine rings is 1. The summed E-state index contributed by atoms with van der Waals surface area (Å²) >= 11 is 0. The van der Waals surface area contributed by atoms with E-state index in [9.17, 15) is 4.79 Å². The molecule has 0 radical (unpaired) electrons. The predicted octanol–water partition coefficient (Wildman–Crippen LogP) is 3.71. The van der Waals surface area contributed by atoms with Crippen LogP contribution in [-0.2, 0) is 11.2 Å². The van der Waals surface area contributed by atoms with E-state index < -0.39 is 0 Å². The lowest BCUT2D eigenvalue weighted by atomic mass is 9.99. The molecule has 6 heteroatoms. The number of allylic oxidation sites excluding steroid dienone is 7. The number of rotatable bonds is 2. The standard InChI is InChI=1S/C26H29N5O/c1-19-17-31-18-21(5-3-6-22(31)16-27-19)23-15-20-7-10-26(28-24(20)8-9-25(23)32)30-12-4-11-29(2)13-14-30/h3,5-7,10,15-18H,4,8-9,11-14H2,1-2H3. The number of hydrogen-bond donors (Lipinski definition) is 0. The molecular weight excluding hydrogens is 398 g/mol. The number of aromatic nitrogens is 1. The number of anilines is 1. The highest BCUT2D eigenvalue weighted by molar-refractivity contribution is 6.05. The van der Waals surface area contributed by atoms with Gasteiger partial charge in [0, 0.05) is 49.6 Å². The average molecular weight is 428 g/mol. The van der Waals surface area contributed by atoms with Crippen LogP contribution in [0, 0.1) is 0 Å². The number of aryl methyl sites for hydroxylation is 1. The third-order valence-electron chi connectivity index (χ3n) is 6.38. The molecule has 5 rings (SSSR count). The zero-order chi connectivity index (χ0) is 22.1. The molecular formula is C26H29N5O. The third kappa shape index (κ3) is 4.23. The molecule has 4 aliphatic rings. The second kappa shape index (κ2) is 8.71. The summed E-state index contributed by atoms with van der Waals surface area (Å²) in [6.45, 7) is 6.15. The molecule has 1 aliphatic carbocycles.